The molecule has 0 aromatic carbocycles. The number of allylic oxidation sites excluding steroid dienone is 3. The third-order valence-electron chi connectivity index (χ3n) is 2.00. The molecule has 15 heavy (non-hydrogen) atoms. The van der Waals surface area contributed by atoms with E-state index in [0.29, 0.717) is 6.54 Å². The van der Waals surface area contributed by atoms with Crippen LogP contribution in [0.1, 0.15) is 13.8 Å². The van der Waals surface area contributed by atoms with Gasteiger partial charge in [-0.3, -0.25) is 4.90 Å². The van der Waals surface area contributed by atoms with E-state index in [4.69, 9.17) is 0 Å². The van der Waals surface area contributed by atoms with Crippen LogP contribution >= 0.6 is 0 Å². The molecule has 2 heteroatoms. The van der Waals surface area contributed by atoms with Crippen molar-refractivity contribution in [3.05, 3.63) is 48.4 Å². The number of hydrogen-bond donors (Lipinski definition) is 0. The Morgan fingerprint density at radius 1 is 1.40 bits per heavy atom. The van der Waals surface area contributed by atoms with Gasteiger partial charge < -0.3 is 0 Å². The Kier molecular flexibility index (Phi) is 6.63. The summed E-state index contributed by atoms with van der Waals surface area (Å²) in [5.74, 6) is -0.146. The van der Waals surface area contributed by atoms with E-state index in [1.807, 2.05) is 20.9 Å². The molecule has 0 atom stereocenters. The molecule has 0 amide bonds. The zero-order valence-corrected chi connectivity index (χ0v) is 9.89. The molecule has 0 aliphatic carbocycles. The Labute approximate surface area is 92.3 Å². The minimum atomic E-state index is -0.146. The van der Waals surface area contributed by atoms with Gasteiger partial charge in [0.25, 0.3) is 0 Å². The van der Waals surface area contributed by atoms with Crippen LogP contribution in [0.3, 0.4) is 0 Å². The van der Waals surface area contributed by atoms with Crippen molar-refractivity contribution in [3.8, 4) is 0 Å². The maximum atomic E-state index is 13.2. The van der Waals surface area contributed by atoms with Crippen molar-refractivity contribution in [2.24, 2.45) is 0 Å². The molecular formula is C13H20FN. The van der Waals surface area contributed by atoms with E-state index in [1.54, 1.807) is 6.08 Å². The fourth-order valence-corrected chi connectivity index (χ4v) is 1.44. The second-order valence-corrected chi connectivity index (χ2v) is 3.59. The first-order valence-electron chi connectivity index (χ1n) is 4.99. The minimum Gasteiger partial charge on any atom is -0.298 e. The van der Waals surface area contributed by atoms with Crippen LogP contribution in [0.15, 0.2) is 48.4 Å². The SMILES string of the molecule is C=C/C=C(/F)C1=C(C)CN(C)C1.C=CC. The molecule has 0 unspecified atom stereocenters. The molecule has 0 N–H and O–H groups in total. The first-order valence-corrected chi connectivity index (χ1v) is 4.99. The van der Waals surface area contributed by atoms with Crippen molar-refractivity contribution in [2.45, 2.75) is 13.8 Å². The molecule has 0 saturated carbocycles. The quantitative estimate of drug-likeness (QED) is 0.497. The zero-order chi connectivity index (χ0) is 11.8. The molecule has 0 fully saturated rings. The first kappa shape index (κ1) is 13.8. The molecule has 0 bridgehead atoms. The van der Waals surface area contributed by atoms with Gasteiger partial charge in [-0.15, -0.1) is 6.58 Å². The number of likely N-dealkylation sites (N-methyl/N-ethyl adjacent to an activating group) is 1. The summed E-state index contributed by atoms with van der Waals surface area (Å²) in [5.41, 5.74) is 1.94. The minimum absolute atomic E-state index is 0.146. The van der Waals surface area contributed by atoms with E-state index in [9.17, 15) is 4.39 Å². The van der Waals surface area contributed by atoms with Crippen LogP contribution < -0.4 is 0 Å². The van der Waals surface area contributed by atoms with Crippen LogP contribution in [-0.2, 0) is 0 Å². The number of hydrogen-bond acceptors (Lipinski definition) is 1. The summed E-state index contributed by atoms with van der Waals surface area (Å²) in [6.45, 7) is 12.3. The molecule has 0 spiro atoms. The van der Waals surface area contributed by atoms with Crippen molar-refractivity contribution < 1.29 is 4.39 Å². The van der Waals surface area contributed by atoms with Crippen LogP contribution in [0.5, 0.6) is 0 Å². The summed E-state index contributed by atoms with van der Waals surface area (Å²) < 4.78 is 13.2. The van der Waals surface area contributed by atoms with Gasteiger partial charge in [0, 0.05) is 18.7 Å². The van der Waals surface area contributed by atoms with Gasteiger partial charge in [-0.1, -0.05) is 24.3 Å². The Morgan fingerprint density at radius 2 is 1.93 bits per heavy atom. The van der Waals surface area contributed by atoms with E-state index in [1.165, 1.54) is 12.2 Å². The summed E-state index contributed by atoms with van der Waals surface area (Å²) >= 11 is 0. The van der Waals surface area contributed by atoms with Crippen molar-refractivity contribution in [1.82, 2.24) is 4.90 Å². The summed E-state index contributed by atoms with van der Waals surface area (Å²) in [7, 11) is 1.98. The fourth-order valence-electron chi connectivity index (χ4n) is 1.44. The van der Waals surface area contributed by atoms with Gasteiger partial charge >= 0.3 is 0 Å². The van der Waals surface area contributed by atoms with E-state index in [2.05, 4.69) is 18.1 Å². The summed E-state index contributed by atoms with van der Waals surface area (Å²) in [4.78, 5) is 2.08. The lowest BCUT2D eigenvalue weighted by atomic mass is 10.1. The van der Waals surface area contributed by atoms with Crippen LogP contribution in [0.4, 0.5) is 4.39 Å². The van der Waals surface area contributed by atoms with Gasteiger partial charge in [-0.2, -0.15) is 0 Å². The van der Waals surface area contributed by atoms with E-state index in [0.717, 1.165) is 17.7 Å². The van der Waals surface area contributed by atoms with Gasteiger partial charge in [-0.05, 0) is 27.0 Å². The average Bonchev–Trinajstić information content (AvgIpc) is 2.47. The molecule has 1 rings (SSSR count). The fraction of sp³-hybridized carbons (Fsp3) is 0.385. The van der Waals surface area contributed by atoms with Crippen molar-refractivity contribution in [1.29, 1.82) is 0 Å². The molecule has 1 heterocycles. The second-order valence-electron chi connectivity index (χ2n) is 3.59. The summed E-state index contributed by atoms with van der Waals surface area (Å²) in [5, 5.41) is 0. The molecule has 0 aromatic heterocycles. The molecule has 0 saturated heterocycles. The smallest absolute Gasteiger partial charge is 0.127 e. The lowest BCUT2D eigenvalue weighted by Gasteiger charge is -2.05. The van der Waals surface area contributed by atoms with Crippen LogP contribution in [0.25, 0.3) is 0 Å². The summed E-state index contributed by atoms with van der Waals surface area (Å²) in [6.07, 6.45) is 4.64. The molecular weight excluding hydrogens is 189 g/mol. The zero-order valence-electron chi connectivity index (χ0n) is 9.89. The third kappa shape index (κ3) is 4.75. The van der Waals surface area contributed by atoms with Gasteiger partial charge in [0.15, 0.2) is 0 Å². The highest BCUT2D eigenvalue weighted by atomic mass is 19.1. The topological polar surface area (TPSA) is 3.24 Å². The van der Waals surface area contributed by atoms with Gasteiger partial charge in [0.1, 0.15) is 5.83 Å². The molecule has 1 aliphatic rings. The Morgan fingerprint density at radius 3 is 2.27 bits per heavy atom. The second kappa shape index (κ2) is 7.18. The average molecular weight is 209 g/mol. The summed E-state index contributed by atoms with van der Waals surface area (Å²) in [6, 6.07) is 0. The molecule has 0 radical (unpaired) electrons. The van der Waals surface area contributed by atoms with Crippen LogP contribution in [0, 0.1) is 0 Å². The number of halogens is 1. The highest BCUT2D eigenvalue weighted by molar-refractivity contribution is 5.36. The van der Waals surface area contributed by atoms with Crippen molar-refractivity contribution in [3.63, 3.8) is 0 Å². The predicted molar refractivity (Wildman–Crippen MR) is 65.5 cm³/mol. The van der Waals surface area contributed by atoms with Gasteiger partial charge in [0.05, 0.1) is 0 Å². The van der Waals surface area contributed by atoms with E-state index >= 15 is 0 Å². The van der Waals surface area contributed by atoms with Crippen LogP contribution in [-0.4, -0.2) is 25.0 Å². The van der Waals surface area contributed by atoms with E-state index in [-0.39, 0.29) is 5.83 Å². The third-order valence-corrected chi connectivity index (χ3v) is 2.00. The lowest BCUT2D eigenvalue weighted by Crippen LogP contribution is -2.14. The Balaban J connectivity index is 0.000000583. The molecule has 1 aliphatic heterocycles. The highest BCUT2D eigenvalue weighted by Gasteiger charge is 2.18. The standard InChI is InChI=1S/C10H14FN.C3H6/c1-4-5-10(11)9-7-12(3)6-8(9)2;1-3-2/h4-5H,1,6-7H2,2-3H3;3H,1H2,2H3/b10-5+;. The van der Waals surface area contributed by atoms with Crippen LogP contribution in [0.2, 0.25) is 0 Å². The van der Waals surface area contributed by atoms with E-state index < -0.39 is 0 Å². The predicted octanol–water partition coefficient (Wildman–Crippen LogP) is 3.48. The number of nitrogens with zero attached hydrogens (tertiary/aromatic N) is 1. The highest BCUT2D eigenvalue weighted by Crippen LogP contribution is 2.23. The Bertz CT molecular complexity index is 287. The monoisotopic (exact) mass is 209 g/mol. The first-order chi connectivity index (χ1) is 7.06. The van der Waals surface area contributed by atoms with Gasteiger partial charge in [-0.25, -0.2) is 4.39 Å². The lowest BCUT2D eigenvalue weighted by molar-refractivity contribution is 0.421. The normalized spacial score (nSPS) is 17.2. The van der Waals surface area contributed by atoms with Gasteiger partial charge in [0.2, 0.25) is 0 Å². The number of rotatable bonds is 2. The van der Waals surface area contributed by atoms with Crippen molar-refractivity contribution in [2.75, 3.05) is 20.1 Å². The van der Waals surface area contributed by atoms with Crippen molar-refractivity contribution >= 4 is 0 Å². The largest absolute Gasteiger partial charge is 0.298 e. The molecule has 0 aromatic rings. The maximum absolute atomic E-state index is 13.2. The molecule has 84 valence electrons. The molecule has 1 nitrogen and oxygen atoms in total. The Hall–Kier alpha value is -1.15. The maximum Gasteiger partial charge on any atom is 0.127 e.